The Morgan fingerprint density at radius 2 is 2.06 bits per heavy atom. The molecule has 0 amide bonds. The number of benzene rings is 1. The molecule has 1 atom stereocenters. The average Bonchev–Trinajstić information content (AvgIpc) is 2.28. The van der Waals surface area contributed by atoms with Gasteiger partial charge in [0.1, 0.15) is 5.75 Å². The van der Waals surface area contributed by atoms with Gasteiger partial charge in [-0.1, -0.05) is 26.0 Å². The van der Waals surface area contributed by atoms with E-state index in [1.807, 2.05) is 30.0 Å². The molecule has 1 unspecified atom stereocenters. The lowest BCUT2D eigenvalue weighted by Crippen LogP contribution is -2.13. The van der Waals surface area contributed by atoms with E-state index in [0.717, 1.165) is 28.7 Å². The van der Waals surface area contributed by atoms with Crippen molar-refractivity contribution in [1.82, 2.24) is 0 Å². The maximum Gasteiger partial charge on any atom is 0.119 e. The molecular weight excluding hydrogens is 218 g/mol. The van der Waals surface area contributed by atoms with E-state index in [-0.39, 0.29) is 6.04 Å². The third-order valence-corrected chi connectivity index (χ3v) is 3.77. The number of thioether (sulfide) groups is 1. The fourth-order valence-electron chi connectivity index (χ4n) is 1.40. The van der Waals surface area contributed by atoms with Crippen LogP contribution in [0.15, 0.2) is 24.3 Å². The molecule has 0 spiro atoms. The van der Waals surface area contributed by atoms with Gasteiger partial charge in [0.25, 0.3) is 0 Å². The summed E-state index contributed by atoms with van der Waals surface area (Å²) in [5.74, 6) is 3.73. The monoisotopic (exact) mass is 239 g/mol. The lowest BCUT2D eigenvalue weighted by molar-refractivity contribution is 0.414. The Bertz CT molecular complexity index is 315. The lowest BCUT2D eigenvalue weighted by atomic mass is 10.1. The fourth-order valence-corrected chi connectivity index (χ4v) is 2.45. The second-order valence-corrected chi connectivity index (χ2v) is 5.39. The van der Waals surface area contributed by atoms with E-state index < -0.39 is 0 Å². The van der Waals surface area contributed by atoms with Gasteiger partial charge in [0.2, 0.25) is 0 Å². The minimum atomic E-state index is 0.0962. The highest BCUT2D eigenvalue weighted by atomic mass is 32.2. The van der Waals surface area contributed by atoms with Crippen LogP contribution in [0.4, 0.5) is 0 Å². The zero-order valence-corrected chi connectivity index (χ0v) is 11.1. The highest BCUT2D eigenvalue weighted by Gasteiger charge is 2.07. The second-order valence-electron chi connectivity index (χ2n) is 4.31. The first-order chi connectivity index (χ1) is 7.63. The molecule has 0 fully saturated rings. The summed E-state index contributed by atoms with van der Waals surface area (Å²) in [6.07, 6.45) is 0. The van der Waals surface area contributed by atoms with Crippen molar-refractivity contribution in [3.63, 3.8) is 0 Å². The second kappa shape index (κ2) is 6.81. The van der Waals surface area contributed by atoms with Crippen LogP contribution in [0.5, 0.6) is 5.75 Å². The molecule has 0 aliphatic heterocycles. The molecule has 2 N–H and O–H groups in total. The Labute approximate surface area is 103 Å². The molecular formula is C13H21NOS. The molecule has 0 aliphatic carbocycles. The van der Waals surface area contributed by atoms with Crippen LogP contribution in [0.2, 0.25) is 0 Å². The van der Waals surface area contributed by atoms with Gasteiger partial charge in [-0.25, -0.2) is 0 Å². The van der Waals surface area contributed by atoms with Crippen molar-refractivity contribution in [3.8, 4) is 5.75 Å². The number of rotatable bonds is 6. The Kier molecular flexibility index (Phi) is 5.71. The maximum absolute atomic E-state index is 6.13. The zero-order chi connectivity index (χ0) is 12.0. The van der Waals surface area contributed by atoms with E-state index in [4.69, 9.17) is 10.5 Å². The Morgan fingerprint density at radius 1 is 1.31 bits per heavy atom. The first-order valence-corrected chi connectivity index (χ1v) is 6.76. The molecule has 0 saturated heterocycles. The maximum atomic E-state index is 6.13. The molecule has 90 valence electrons. The Hall–Kier alpha value is -0.670. The van der Waals surface area contributed by atoms with Crippen molar-refractivity contribution in [2.45, 2.75) is 19.9 Å². The predicted molar refractivity (Wildman–Crippen MR) is 72.1 cm³/mol. The van der Waals surface area contributed by atoms with E-state index in [1.54, 1.807) is 7.11 Å². The molecule has 1 aromatic carbocycles. The molecule has 0 aliphatic rings. The van der Waals surface area contributed by atoms with Crippen LogP contribution in [0.25, 0.3) is 0 Å². The van der Waals surface area contributed by atoms with Crippen LogP contribution in [0.3, 0.4) is 0 Å². The normalized spacial score (nSPS) is 12.8. The standard InChI is InChI=1S/C13H21NOS/c1-10(2)8-16-9-13(14)11-5-4-6-12(7-11)15-3/h4-7,10,13H,8-9,14H2,1-3H3. The van der Waals surface area contributed by atoms with Crippen molar-refractivity contribution in [1.29, 1.82) is 0 Å². The summed E-state index contributed by atoms with van der Waals surface area (Å²) in [7, 11) is 1.68. The van der Waals surface area contributed by atoms with Crippen molar-refractivity contribution in [2.24, 2.45) is 11.7 Å². The van der Waals surface area contributed by atoms with Gasteiger partial charge in [-0.15, -0.1) is 0 Å². The predicted octanol–water partition coefficient (Wildman–Crippen LogP) is 3.08. The van der Waals surface area contributed by atoms with Crippen molar-refractivity contribution < 1.29 is 4.74 Å². The SMILES string of the molecule is COc1cccc(C(N)CSCC(C)C)c1. The highest BCUT2D eigenvalue weighted by Crippen LogP contribution is 2.21. The first kappa shape index (κ1) is 13.4. The molecule has 1 rings (SSSR count). The van der Waals surface area contributed by atoms with Crippen LogP contribution in [0.1, 0.15) is 25.5 Å². The van der Waals surface area contributed by atoms with E-state index in [2.05, 4.69) is 19.9 Å². The van der Waals surface area contributed by atoms with Crippen LogP contribution in [0, 0.1) is 5.92 Å². The summed E-state index contributed by atoms with van der Waals surface area (Å²) in [5.41, 5.74) is 7.28. The third-order valence-electron chi connectivity index (χ3n) is 2.27. The Morgan fingerprint density at radius 3 is 2.69 bits per heavy atom. The molecule has 0 bridgehead atoms. The minimum Gasteiger partial charge on any atom is -0.497 e. The van der Waals surface area contributed by atoms with Gasteiger partial charge in [0, 0.05) is 11.8 Å². The van der Waals surface area contributed by atoms with E-state index in [9.17, 15) is 0 Å². The van der Waals surface area contributed by atoms with Crippen LogP contribution < -0.4 is 10.5 Å². The summed E-state index contributed by atoms with van der Waals surface area (Å²) in [5, 5.41) is 0. The van der Waals surface area contributed by atoms with Gasteiger partial charge in [0.15, 0.2) is 0 Å². The molecule has 0 heterocycles. The zero-order valence-electron chi connectivity index (χ0n) is 10.3. The van der Waals surface area contributed by atoms with Crippen molar-refractivity contribution >= 4 is 11.8 Å². The quantitative estimate of drug-likeness (QED) is 0.828. The molecule has 3 heteroatoms. The molecule has 0 radical (unpaired) electrons. The van der Waals surface area contributed by atoms with Gasteiger partial charge in [-0.05, 0) is 29.4 Å². The molecule has 16 heavy (non-hydrogen) atoms. The summed E-state index contributed by atoms with van der Waals surface area (Å²) in [4.78, 5) is 0. The first-order valence-electron chi connectivity index (χ1n) is 5.60. The van der Waals surface area contributed by atoms with Gasteiger partial charge < -0.3 is 10.5 Å². The van der Waals surface area contributed by atoms with Gasteiger partial charge >= 0.3 is 0 Å². The number of ether oxygens (including phenoxy) is 1. The Balaban J connectivity index is 2.48. The number of hydrogen-bond acceptors (Lipinski definition) is 3. The molecule has 0 saturated carbocycles. The topological polar surface area (TPSA) is 35.2 Å². The summed E-state index contributed by atoms with van der Waals surface area (Å²) in [6, 6.07) is 8.10. The van der Waals surface area contributed by atoms with Crippen LogP contribution in [-0.2, 0) is 0 Å². The lowest BCUT2D eigenvalue weighted by Gasteiger charge is -2.13. The molecule has 1 aromatic rings. The van der Waals surface area contributed by atoms with E-state index in [0.29, 0.717) is 0 Å². The number of nitrogens with two attached hydrogens (primary N) is 1. The van der Waals surface area contributed by atoms with E-state index in [1.165, 1.54) is 0 Å². The average molecular weight is 239 g/mol. The van der Waals surface area contributed by atoms with Crippen LogP contribution >= 0.6 is 11.8 Å². The van der Waals surface area contributed by atoms with E-state index >= 15 is 0 Å². The minimum absolute atomic E-state index is 0.0962. The largest absolute Gasteiger partial charge is 0.497 e. The van der Waals surface area contributed by atoms with Gasteiger partial charge in [-0.2, -0.15) is 11.8 Å². The van der Waals surface area contributed by atoms with Crippen molar-refractivity contribution in [2.75, 3.05) is 18.6 Å². The number of hydrogen-bond donors (Lipinski definition) is 1. The highest BCUT2D eigenvalue weighted by molar-refractivity contribution is 7.99. The van der Waals surface area contributed by atoms with Gasteiger partial charge in [0.05, 0.1) is 7.11 Å². The van der Waals surface area contributed by atoms with Crippen molar-refractivity contribution in [3.05, 3.63) is 29.8 Å². The fraction of sp³-hybridized carbons (Fsp3) is 0.538. The summed E-state index contributed by atoms with van der Waals surface area (Å²) < 4.78 is 5.19. The van der Waals surface area contributed by atoms with Gasteiger partial charge in [-0.3, -0.25) is 0 Å². The smallest absolute Gasteiger partial charge is 0.119 e. The molecule has 2 nitrogen and oxygen atoms in total. The third kappa shape index (κ3) is 4.45. The molecule has 0 aromatic heterocycles. The summed E-state index contributed by atoms with van der Waals surface area (Å²) >= 11 is 1.91. The van der Waals surface area contributed by atoms with Crippen LogP contribution in [-0.4, -0.2) is 18.6 Å². The number of methoxy groups -OCH3 is 1. The summed E-state index contributed by atoms with van der Waals surface area (Å²) in [6.45, 7) is 4.45.